The number of nitrogens with two attached hydrogens (primary N) is 1. The SMILES string of the molecule is Nc1cc(C(=O)O)ccc1Nc1cccc(Cc2ncc[nH]2)c1. The number of anilines is 3. The maximum atomic E-state index is 10.9. The first kappa shape index (κ1) is 14.6. The van der Waals surface area contributed by atoms with Crippen LogP contribution >= 0.6 is 0 Å². The van der Waals surface area contributed by atoms with Crippen molar-refractivity contribution in [3.63, 3.8) is 0 Å². The smallest absolute Gasteiger partial charge is 0.335 e. The largest absolute Gasteiger partial charge is 0.478 e. The Kier molecular flexibility index (Phi) is 3.97. The van der Waals surface area contributed by atoms with Gasteiger partial charge in [0.25, 0.3) is 0 Å². The third-order valence-electron chi connectivity index (χ3n) is 3.43. The molecule has 0 fully saturated rings. The minimum absolute atomic E-state index is 0.166. The van der Waals surface area contributed by atoms with E-state index in [1.54, 1.807) is 18.5 Å². The summed E-state index contributed by atoms with van der Waals surface area (Å²) in [7, 11) is 0. The average molecular weight is 308 g/mol. The molecule has 6 nitrogen and oxygen atoms in total. The highest BCUT2D eigenvalue weighted by Gasteiger charge is 2.07. The molecule has 6 heteroatoms. The van der Waals surface area contributed by atoms with E-state index in [2.05, 4.69) is 15.3 Å². The van der Waals surface area contributed by atoms with Crippen molar-refractivity contribution in [1.29, 1.82) is 0 Å². The first-order valence-electron chi connectivity index (χ1n) is 7.09. The number of H-pyrrole nitrogens is 1. The van der Waals surface area contributed by atoms with E-state index in [-0.39, 0.29) is 5.56 Å². The molecular formula is C17H16N4O2. The summed E-state index contributed by atoms with van der Waals surface area (Å²) in [6.07, 6.45) is 4.22. The molecule has 1 heterocycles. The van der Waals surface area contributed by atoms with Crippen molar-refractivity contribution in [3.05, 3.63) is 71.8 Å². The summed E-state index contributed by atoms with van der Waals surface area (Å²) < 4.78 is 0. The minimum Gasteiger partial charge on any atom is -0.478 e. The fraction of sp³-hybridized carbons (Fsp3) is 0.0588. The molecule has 23 heavy (non-hydrogen) atoms. The number of hydrogen-bond donors (Lipinski definition) is 4. The van der Waals surface area contributed by atoms with Gasteiger partial charge in [0.15, 0.2) is 0 Å². The zero-order chi connectivity index (χ0) is 16.2. The summed E-state index contributed by atoms with van der Waals surface area (Å²) in [4.78, 5) is 18.2. The van der Waals surface area contributed by atoms with Gasteiger partial charge in [-0.2, -0.15) is 0 Å². The van der Waals surface area contributed by atoms with Gasteiger partial charge in [-0.1, -0.05) is 12.1 Å². The molecule has 0 radical (unpaired) electrons. The van der Waals surface area contributed by atoms with Crippen molar-refractivity contribution in [2.75, 3.05) is 11.1 Å². The molecule has 0 saturated carbocycles. The molecule has 0 aliphatic rings. The highest BCUT2D eigenvalue weighted by molar-refractivity contribution is 5.90. The van der Waals surface area contributed by atoms with Crippen LogP contribution in [0.25, 0.3) is 0 Å². The van der Waals surface area contributed by atoms with Crippen molar-refractivity contribution >= 4 is 23.0 Å². The number of carbonyl (C=O) groups is 1. The van der Waals surface area contributed by atoms with Crippen molar-refractivity contribution < 1.29 is 9.90 Å². The second kappa shape index (κ2) is 6.23. The molecule has 116 valence electrons. The highest BCUT2D eigenvalue weighted by atomic mass is 16.4. The van der Waals surface area contributed by atoms with Gasteiger partial charge in [0.2, 0.25) is 0 Å². The van der Waals surface area contributed by atoms with Gasteiger partial charge in [-0.25, -0.2) is 9.78 Å². The van der Waals surface area contributed by atoms with E-state index in [9.17, 15) is 4.79 Å². The Morgan fingerprint density at radius 2 is 2.13 bits per heavy atom. The van der Waals surface area contributed by atoms with Crippen LogP contribution in [0.3, 0.4) is 0 Å². The number of carboxylic acid groups (broad SMARTS) is 1. The number of rotatable bonds is 5. The number of benzene rings is 2. The van der Waals surface area contributed by atoms with E-state index in [1.807, 2.05) is 24.3 Å². The fourth-order valence-corrected chi connectivity index (χ4v) is 2.31. The molecule has 5 N–H and O–H groups in total. The molecular weight excluding hydrogens is 292 g/mol. The van der Waals surface area contributed by atoms with Gasteiger partial charge in [-0.05, 0) is 35.9 Å². The molecule has 3 aromatic rings. The van der Waals surface area contributed by atoms with Crippen LogP contribution in [0.2, 0.25) is 0 Å². The van der Waals surface area contributed by atoms with Crippen LogP contribution in [-0.4, -0.2) is 21.0 Å². The zero-order valence-electron chi connectivity index (χ0n) is 12.3. The molecule has 0 aliphatic heterocycles. The number of nitrogens with one attached hydrogen (secondary N) is 2. The monoisotopic (exact) mass is 308 g/mol. The second-order valence-electron chi connectivity index (χ2n) is 5.15. The lowest BCUT2D eigenvalue weighted by atomic mass is 10.1. The lowest BCUT2D eigenvalue weighted by molar-refractivity contribution is 0.0697. The lowest BCUT2D eigenvalue weighted by Gasteiger charge is -2.11. The van der Waals surface area contributed by atoms with E-state index in [1.165, 1.54) is 12.1 Å². The van der Waals surface area contributed by atoms with Crippen LogP contribution in [0.5, 0.6) is 0 Å². The maximum Gasteiger partial charge on any atom is 0.335 e. The maximum absolute atomic E-state index is 10.9. The number of nitrogens with zero attached hydrogens (tertiary/aromatic N) is 1. The van der Waals surface area contributed by atoms with E-state index in [0.29, 0.717) is 17.8 Å². The highest BCUT2D eigenvalue weighted by Crippen LogP contribution is 2.25. The Morgan fingerprint density at radius 3 is 2.83 bits per heavy atom. The van der Waals surface area contributed by atoms with Gasteiger partial charge in [0, 0.05) is 24.5 Å². The summed E-state index contributed by atoms with van der Waals surface area (Å²) in [6, 6.07) is 12.5. The third-order valence-corrected chi connectivity index (χ3v) is 3.43. The van der Waals surface area contributed by atoms with Crippen LogP contribution in [0, 0.1) is 0 Å². The van der Waals surface area contributed by atoms with Crippen LogP contribution in [0.15, 0.2) is 54.9 Å². The topological polar surface area (TPSA) is 104 Å². The quantitative estimate of drug-likeness (QED) is 0.542. The standard InChI is InChI=1S/C17H16N4O2/c18-14-10-12(17(22)23)4-5-15(14)21-13-3-1-2-11(8-13)9-16-19-6-7-20-16/h1-8,10,21H,9,18H2,(H,19,20)(H,22,23). The molecule has 0 amide bonds. The number of nitrogen functional groups attached to an aromatic ring is 1. The number of carboxylic acids is 1. The van der Waals surface area contributed by atoms with Gasteiger partial charge >= 0.3 is 5.97 Å². The second-order valence-corrected chi connectivity index (χ2v) is 5.15. The number of aromatic nitrogens is 2. The van der Waals surface area contributed by atoms with Gasteiger partial charge in [0.05, 0.1) is 16.9 Å². The van der Waals surface area contributed by atoms with Gasteiger partial charge in [-0.3, -0.25) is 0 Å². The molecule has 0 spiro atoms. The van der Waals surface area contributed by atoms with Crippen molar-refractivity contribution in [2.45, 2.75) is 6.42 Å². The van der Waals surface area contributed by atoms with Crippen molar-refractivity contribution in [1.82, 2.24) is 9.97 Å². The third kappa shape index (κ3) is 3.49. The Balaban J connectivity index is 1.79. The summed E-state index contributed by atoms with van der Waals surface area (Å²) in [5.74, 6) is -0.101. The molecule has 2 aromatic carbocycles. The first-order valence-corrected chi connectivity index (χ1v) is 7.09. The fourth-order valence-electron chi connectivity index (χ4n) is 2.31. The minimum atomic E-state index is -0.997. The van der Waals surface area contributed by atoms with Gasteiger partial charge in [-0.15, -0.1) is 0 Å². The number of aromatic carboxylic acids is 1. The number of imidazole rings is 1. The van der Waals surface area contributed by atoms with E-state index < -0.39 is 5.97 Å². The summed E-state index contributed by atoms with van der Waals surface area (Å²) in [5, 5.41) is 12.2. The predicted octanol–water partition coefficient (Wildman–Crippen LogP) is 3.02. The van der Waals surface area contributed by atoms with Crippen LogP contribution < -0.4 is 11.1 Å². The predicted molar refractivity (Wildman–Crippen MR) is 88.9 cm³/mol. The lowest BCUT2D eigenvalue weighted by Crippen LogP contribution is -2.01. The van der Waals surface area contributed by atoms with Gasteiger partial charge in [0.1, 0.15) is 5.82 Å². The van der Waals surface area contributed by atoms with Gasteiger partial charge < -0.3 is 21.1 Å². The van der Waals surface area contributed by atoms with E-state index >= 15 is 0 Å². The molecule has 3 rings (SSSR count). The summed E-state index contributed by atoms with van der Waals surface area (Å²) in [6.45, 7) is 0. The number of aromatic amines is 1. The Morgan fingerprint density at radius 1 is 1.26 bits per heavy atom. The molecule has 1 aromatic heterocycles. The van der Waals surface area contributed by atoms with Crippen molar-refractivity contribution in [3.8, 4) is 0 Å². The molecule has 0 saturated heterocycles. The molecule has 0 unspecified atom stereocenters. The van der Waals surface area contributed by atoms with E-state index in [4.69, 9.17) is 10.8 Å². The van der Waals surface area contributed by atoms with E-state index in [0.717, 1.165) is 17.1 Å². The molecule has 0 bridgehead atoms. The normalized spacial score (nSPS) is 10.4. The summed E-state index contributed by atoms with van der Waals surface area (Å²) in [5.41, 5.74) is 9.12. The first-order chi connectivity index (χ1) is 11.1. The Labute approximate surface area is 133 Å². The van der Waals surface area contributed by atoms with Crippen LogP contribution in [0.4, 0.5) is 17.1 Å². The van der Waals surface area contributed by atoms with Crippen LogP contribution in [0.1, 0.15) is 21.7 Å². The summed E-state index contributed by atoms with van der Waals surface area (Å²) >= 11 is 0. The zero-order valence-corrected chi connectivity index (χ0v) is 12.3. The molecule has 0 aliphatic carbocycles. The number of hydrogen-bond acceptors (Lipinski definition) is 4. The molecule has 0 atom stereocenters. The van der Waals surface area contributed by atoms with Crippen LogP contribution in [-0.2, 0) is 6.42 Å². The average Bonchev–Trinajstić information content (AvgIpc) is 3.02. The van der Waals surface area contributed by atoms with Crippen molar-refractivity contribution in [2.24, 2.45) is 0 Å². The Hall–Kier alpha value is -3.28. The Bertz CT molecular complexity index is 828.